The van der Waals surface area contributed by atoms with E-state index in [4.69, 9.17) is 14.9 Å². The molecule has 0 saturated heterocycles. The molecule has 0 radical (unpaired) electrons. The fourth-order valence-electron chi connectivity index (χ4n) is 1.34. The number of hydrogen-bond acceptors (Lipinski definition) is 3. The second kappa shape index (κ2) is 5.77. The molecule has 9 heteroatoms. The fraction of sp³-hybridized carbons (Fsp3) is 0.333. The van der Waals surface area contributed by atoms with Crippen LogP contribution in [0.25, 0.3) is 0 Å². The van der Waals surface area contributed by atoms with Gasteiger partial charge in [0.1, 0.15) is 7.05 Å². The van der Waals surface area contributed by atoms with Crippen molar-refractivity contribution < 1.29 is 46.3 Å². The number of rotatable bonds is 4. The predicted octanol–water partition coefficient (Wildman–Crippen LogP) is -3.99. The van der Waals surface area contributed by atoms with Crippen LogP contribution in [0, 0.1) is 0 Å². The molecule has 0 saturated carbocycles. The zero-order chi connectivity index (χ0) is 13.3. The molecule has 0 spiro atoms. The van der Waals surface area contributed by atoms with Crippen molar-refractivity contribution in [1.82, 2.24) is 0 Å². The first-order valence-corrected chi connectivity index (χ1v) is 6.23. The number of aliphatic hydroxyl groups is 1. The Morgan fingerprint density at radius 3 is 2.44 bits per heavy atom. The lowest BCUT2D eigenvalue weighted by Gasteiger charge is -2.23. The molecule has 18 heavy (non-hydrogen) atoms. The Balaban J connectivity index is 0.00000289. The van der Waals surface area contributed by atoms with Crippen LogP contribution in [-0.2, 0) is 22.8 Å². The van der Waals surface area contributed by atoms with Gasteiger partial charge in [-0.25, -0.2) is 9.36 Å². The van der Waals surface area contributed by atoms with Gasteiger partial charge in [0.05, 0.1) is 0 Å². The van der Waals surface area contributed by atoms with Gasteiger partial charge in [-0.3, -0.25) is 4.57 Å². The summed E-state index contributed by atoms with van der Waals surface area (Å²) in [6.45, 7) is 0. The summed E-state index contributed by atoms with van der Waals surface area (Å²) in [7, 11) is -3.51. The van der Waals surface area contributed by atoms with Gasteiger partial charge in [-0.15, -0.1) is 0 Å². The van der Waals surface area contributed by atoms with Crippen molar-refractivity contribution in [2.45, 2.75) is 11.8 Å². The van der Waals surface area contributed by atoms with Crippen molar-refractivity contribution in [2.75, 3.05) is 0 Å². The molecule has 1 unspecified atom stereocenters. The average molecular weight is 298 g/mol. The fourth-order valence-corrected chi connectivity index (χ4v) is 1.98. The average Bonchev–Trinajstić information content (AvgIpc) is 2.15. The number of aryl methyl sites for hydroxylation is 1. The molecular formula is C9H13ClNO6P. The van der Waals surface area contributed by atoms with E-state index in [9.17, 15) is 14.5 Å². The number of halogens is 1. The van der Waals surface area contributed by atoms with Gasteiger partial charge in [0.2, 0.25) is 0 Å². The van der Waals surface area contributed by atoms with Crippen molar-refractivity contribution in [2.24, 2.45) is 7.05 Å². The summed E-state index contributed by atoms with van der Waals surface area (Å²) in [6, 6.07) is 3.06. The molecule has 1 atom stereocenters. The Bertz CT molecular complexity index is 490. The standard InChI is InChI=1S/C9H12NO6P.ClH/c1-10-4-2-3-7(6-10)5-9(13,8(11)12)17(14,15)16;/h2-4,6,13H,5H2,1H3,(H2-,11,12,14,15,16);1H. The van der Waals surface area contributed by atoms with E-state index < -0.39 is 25.3 Å². The summed E-state index contributed by atoms with van der Waals surface area (Å²) in [5, 5.41) is 15.3. The quantitative estimate of drug-likeness (QED) is 0.332. The van der Waals surface area contributed by atoms with Gasteiger partial charge in [0, 0.05) is 18.1 Å². The molecule has 0 amide bonds. The van der Waals surface area contributed by atoms with Gasteiger partial charge in [-0.1, -0.05) is 0 Å². The van der Waals surface area contributed by atoms with E-state index in [1.807, 2.05) is 0 Å². The molecule has 0 aliphatic rings. The maximum absolute atomic E-state index is 11.0. The molecule has 0 fully saturated rings. The van der Waals surface area contributed by atoms with Crippen LogP contribution < -0.4 is 17.0 Å². The number of carboxylic acid groups (broad SMARTS) is 1. The molecule has 1 aromatic heterocycles. The Hall–Kier alpha value is -0.980. The van der Waals surface area contributed by atoms with Crippen LogP contribution in [-0.4, -0.2) is 31.3 Å². The van der Waals surface area contributed by atoms with E-state index in [0.29, 0.717) is 5.56 Å². The first-order valence-electron chi connectivity index (χ1n) is 4.62. The molecule has 4 N–H and O–H groups in total. The van der Waals surface area contributed by atoms with Gasteiger partial charge < -0.3 is 32.4 Å². The number of hydrogen-bond donors (Lipinski definition) is 4. The Morgan fingerprint density at radius 1 is 1.50 bits per heavy atom. The highest BCUT2D eigenvalue weighted by Crippen LogP contribution is 2.50. The number of aliphatic carboxylic acids is 1. The lowest BCUT2D eigenvalue weighted by atomic mass is 10.1. The first-order chi connectivity index (χ1) is 7.67. The number of pyridine rings is 1. The normalized spacial score (nSPS) is 14.4. The van der Waals surface area contributed by atoms with Gasteiger partial charge in [-0.2, -0.15) is 0 Å². The third-order valence-electron chi connectivity index (χ3n) is 2.28. The SMILES string of the molecule is C[n+]1cccc(CC(O)(C(=O)O)P(=O)(O)O)c1.[Cl-]. The molecule has 0 aromatic carbocycles. The zero-order valence-electron chi connectivity index (χ0n) is 9.39. The van der Waals surface area contributed by atoms with Crippen LogP contribution in [0.15, 0.2) is 24.5 Å². The number of aromatic nitrogens is 1. The van der Waals surface area contributed by atoms with Crippen LogP contribution >= 0.6 is 7.60 Å². The van der Waals surface area contributed by atoms with Crippen LogP contribution in [0.3, 0.4) is 0 Å². The van der Waals surface area contributed by atoms with Crippen LogP contribution in [0.5, 0.6) is 0 Å². The van der Waals surface area contributed by atoms with E-state index in [0.717, 1.165) is 0 Å². The Kier molecular flexibility index (Phi) is 5.46. The monoisotopic (exact) mass is 297 g/mol. The van der Waals surface area contributed by atoms with E-state index in [1.165, 1.54) is 12.3 Å². The molecule has 1 aromatic rings. The minimum atomic E-state index is -5.18. The number of nitrogens with zero attached hydrogens (tertiary/aromatic N) is 1. The molecule has 1 heterocycles. The summed E-state index contributed by atoms with van der Waals surface area (Å²) in [6.07, 6.45) is 2.48. The first kappa shape index (κ1) is 17.0. The third-order valence-corrected chi connectivity index (χ3v) is 3.59. The van der Waals surface area contributed by atoms with Gasteiger partial charge >= 0.3 is 13.6 Å². The van der Waals surface area contributed by atoms with Crippen molar-refractivity contribution in [3.05, 3.63) is 30.1 Å². The maximum atomic E-state index is 11.0. The summed E-state index contributed by atoms with van der Waals surface area (Å²) in [5.74, 6) is -1.95. The van der Waals surface area contributed by atoms with Crippen LogP contribution in [0.2, 0.25) is 0 Å². The summed E-state index contributed by atoms with van der Waals surface area (Å²) < 4.78 is 12.6. The molecule has 1 rings (SSSR count). The van der Waals surface area contributed by atoms with Gasteiger partial charge in [0.15, 0.2) is 12.4 Å². The zero-order valence-corrected chi connectivity index (χ0v) is 11.0. The van der Waals surface area contributed by atoms with Crippen molar-refractivity contribution in [1.29, 1.82) is 0 Å². The van der Waals surface area contributed by atoms with E-state index in [-0.39, 0.29) is 12.4 Å². The van der Waals surface area contributed by atoms with E-state index in [2.05, 4.69) is 0 Å². The van der Waals surface area contributed by atoms with Gasteiger partial charge in [0.25, 0.3) is 5.34 Å². The summed E-state index contributed by atoms with van der Waals surface area (Å²) >= 11 is 0. The Morgan fingerprint density at radius 2 is 2.06 bits per heavy atom. The van der Waals surface area contributed by atoms with E-state index in [1.54, 1.807) is 23.9 Å². The number of carbonyl (C=O) groups is 1. The van der Waals surface area contributed by atoms with Crippen LogP contribution in [0.4, 0.5) is 0 Å². The lowest BCUT2D eigenvalue weighted by molar-refractivity contribution is -0.671. The topological polar surface area (TPSA) is 119 Å². The molecule has 0 aliphatic carbocycles. The largest absolute Gasteiger partial charge is 1.00 e. The maximum Gasteiger partial charge on any atom is 0.368 e. The summed E-state index contributed by atoms with van der Waals surface area (Å²) in [5.41, 5.74) is 0.309. The highest BCUT2D eigenvalue weighted by molar-refractivity contribution is 7.54. The van der Waals surface area contributed by atoms with Crippen LogP contribution in [0.1, 0.15) is 5.56 Å². The second-order valence-corrected chi connectivity index (χ2v) is 5.55. The minimum Gasteiger partial charge on any atom is -1.00 e. The van der Waals surface area contributed by atoms with E-state index >= 15 is 0 Å². The van der Waals surface area contributed by atoms with Gasteiger partial charge in [-0.05, 0) is 6.07 Å². The highest BCUT2D eigenvalue weighted by Gasteiger charge is 2.53. The smallest absolute Gasteiger partial charge is 0.368 e. The van der Waals surface area contributed by atoms with Crippen molar-refractivity contribution in [3.63, 3.8) is 0 Å². The molecule has 102 valence electrons. The Labute approximate surface area is 109 Å². The third kappa shape index (κ3) is 3.51. The van der Waals surface area contributed by atoms with Crippen molar-refractivity contribution in [3.8, 4) is 0 Å². The molecule has 7 nitrogen and oxygen atoms in total. The molecular weight excluding hydrogens is 285 g/mol. The summed E-state index contributed by atoms with van der Waals surface area (Å²) in [4.78, 5) is 28.6. The highest BCUT2D eigenvalue weighted by atomic mass is 35.5. The second-order valence-electron chi connectivity index (χ2n) is 3.72. The molecule has 0 bridgehead atoms. The lowest BCUT2D eigenvalue weighted by Crippen LogP contribution is -3.00. The molecule has 0 aliphatic heterocycles. The minimum absolute atomic E-state index is 0. The van der Waals surface area contributed by atoms with Crippen molar-refractivity contribution >= 4 is 13.6 Å². The predicted molar refractivity (Wildman–Crippen MR) is 56.0 cm³/mol. The number of carboxylic acids is 1.